The lowest BCUT2D eigenvalue weighted by atomic mass is 10.1. The van der Waals surface area contributed by atoms with E-state index in [-0.39, 0.29) is 12.5 Å². The summed E-state index contributed by atoms with van der Waals surface area (Å²) in [5.74, 6) is 0.211. The first-order valence-corrected chi connectivity index (χ1v) is 9.41. The summed E-state index contributed by atoms with van der Waals surface area (Å²) < 4.78 is 10.7. The normalized spacial score (nSPS) is 13.4. The maximum Gasteiger partial charge on any atom is 0.262 e. The largest absolute Gasteiger partial charge is 0.493 e. The number of benzene rings is 1. The molecule has 0 bridgehead atoms. The summed E-state index contributed by atoms with van der Waals surface area (Å²) in [6, 6.07) is 7.12. The number of rotatable bonds is 6. The Morgan fingerprint density at radius 1 is 1.15 bits per heavy atom. The Bertz CT molecular complexity index is 816. The van der Waals surface area contributed by atoms with Crippen molar-refractivity contribution in [2.24, 2.45) is 5.73 Å². The highest BCUT2D eigenvalue weighted by Crippen LogP contribution is 2.37. The molecule has 0 saturated carbocycles. The third-order valence-corrected chi connectivity index (χ3v) is 5.56. The van der Waals surface area contributed by atoms with Gasteiger partial charge >= 0.3 is 0 Å². The van der Waals surface area contributed by atoms with Crippen LogP contribution in [0.5, 0.6) is 11.5 Å². The Morgan fingerprint density at radius 2 is 1.88 bits per heavy atom. The molecule has 1 aliphatic rings. The zero-order valence-corrected chi connectivity index (χ0v) is 15.5. The Balaban J connectivity index is 1.72. The molecule has 1 aromatic heterocycles. The summed E-state index contributed by atoms with van der Waals surface area (Å²) in [7, 11) is 1.54. The number of carbonyl (C=O) groups is 2. The van der Waals surface area contributed by atoms with E-state index in [4.69, 9.17) is 15.2 Å². The average molecular weight is 374 g/mol. The van der Waals surface area contributed by atoms with E-state index in [0.29, 0.717) is 22.1 Å². The lowest BCUT2D eigenvalue weighted by Gasteiger charge is -2.10. The number of amides is 2. The van der Waals surface area contributed by atoms with Gasteiger partial charge in [0, 0.05) is 4.88 Å². The van der Waals surface area contributed by atoms with Crippen molar-refractivity contribution in [3.63, 3.8) is 0 Å². The van der Waals surface area contributed by atoms with Gasteiger partial charge in [-0.2, -0.15) is 0 Å². The van der Waals surface area contributed by atoms with Crippen LogP contribution < -0.4 is 20.5 Å². The van der Waals surface area contributed by atoms with Crippen LogP contribution in [0.1, 0.15) is 40.1 Å². The van der Waals surface area contributed by atoms with Gasteiger partial charge in [0.25, 0.3) is 11.8 Å². The summed E-state index contributed by atoms with van der Waals surface area (Å²) in [4.78, 5) is 25.4. The number of para-hydroxylation sites is 2. The van der Waals surface area contributed by atoms with Crippen molar-refractivity contribution in [3.05, 3.63) is 40.3 Å². The fourth-order valence-electron chi connectivity index (χ4n) is 3.14. The minimum Gasteiger partial charge on any atom is -0.493 e. The van der Waals surface area contributed by atoms with Gasteiger partial charge in [-0.05, 0) is 43.4 Å². The van der Waals surface area contributed by atoms with E-state index >= 15 is 0 Å². The summed E-state index contributed by atoms with van der Waals surface area (Å²) in [5.41, 5.74) is 7.04. The van der Waals surface area contributed by atoms with Gasteiger partial charge in [0.1, 0.15) is 5.00 Å². The summed E-state index contributed by atoms with van der Waals surface area (Å²) in [6.07, 6.45) is 5.03. The second-order valence-electron chi connectivity index (χ2n) is 6.12. The molecule has 138 valence electrons. The SMILES string of the molecule is COc1ccccc1OCC(=O)Nc1sc2c(c1C(N)=O)CCCCC2. The summed E-state index contributed by atoms with van der Waals surface area (Å²) in [5, 5.41) is 3.32. The number of ether oxygens (including phenoxy) is 2. The first-order valence-electron chi connectivity index (χ1n) is 8.60. The number of fused-ring (bicyclic) bond motifs is 1. The zero-order chi connectivity index (χ0) is 18.5. The fraction of sp³-hybridized carbons (Fsp3) is 0.368. The molecule has 2 amide bonds. The number of aryl methyl sites for hydroxylation is 1. The molecule has 1 heterocycles. The minimum absolute atomic E-state index is 0.179. The van der Waals surface area contributed by atoms with Crippen LogP contribution >= 0.6 is 11.3 Å². The van der Waals surface area contributed by atoms with Crippen LogP contribution in [0.15, 0.2) is 24.3 Å². The van der Waals surface area contributed by atoms with Crippen LogP contribution in [0, 0.1) is 0 Å². The molecule has 0 unspecified atom stereocenters. The standard InChI is InChI=1S/C19H22N2O4S/c1-24-13-8-5-6-9-14(13)25-11-16(22)21-19-17(18(20)23)12-7-3-2-4-10-15(12)26-19/h5-6,8-9H,2-4,7,10-11H2,1H3,(H2,20,23)(H,21,22). The Morgan fingerprint density at radius 3 is 2.62 bits per heavy atom. The highest BCUT2D eigenvalue weighted by atomic mass is 32.1. The maximum absolute atomic E-state index is 12.3. The molecular weight excluding hydrogens is 352 g/mol. The predicted octanol–water partition coefficient (Wildman–Crippen LogP) is 3.14. The number of hydrogen-bond acceptors (Lipinski definition) is 5. The molecule has 26 heavy (non-hydrogen) atoms. The van der Waals surface area contributed by atoms with Crippen molar-refractivity contribution < 1.29 is 19.1 Å². The zero-order valence-electron chi connectivity index (χ0n) is 14.7. The Hall–Kier alpha value is -2.54. The van der Waals surface area contributed by atoms with Crippen LogP contribution in [-0.2, 0) is 17.6 Å². The molecule has 0 spiro atoms. The molecule has 1 aliphatic carbocycles. The second-order valence-corrected chi connectivity index (χ2v) is 7.23. The third-order valence-electron chi connectivity index (χ3n) is 4.35. The first-order chi connectivity index (χ1) is 12.6. The van der Waals surface area contributed by atoms with E-state index in [1.165, 1.54) is 11.3 Å². The monoisotopic (exact) mass is 374 g/mol. The van der Waals surface area contributed by atoms with Crippen LogP contribution in [-0.4, -0.2) is 25.5 Å². The molecule has 3 N–H and O–H groups in total. The molecule has 7 heteroatoms. The van der Waals surface area contributed by atoms with Crippen molar-refractivity contribution in [2.75, 3.05) is 19.0 Å². The number of carbonyl (C=O) groups excluding carboxylic acids is 2. The molecule has 2 aromatic rings. The maximum atomic E-state index is 12.3. The van der Waals surface area contributed by atoms with Gasteiger partial charge in [0.05, 0.1) is 12.7 Å². The molecule has 6 nitrogen and oxygen atoms in total. The number of primary amides is 1. The van der Waals surface area contributed by atoms with Gasteiger partial charge in [0.15, 0.2) is 18.1 Å². The quantitative estimate of drug-likeness (QED) is 0.760. The number of nitrogens with two attached hydrogens (primary N) is 1. The lowest BCUT2D eigenvalue weighted by molar-refractivity contribution is -0.118. The topological polar surface area (TPSA) is 90.7 Å². The average Bonchev–Trinajstić information content (AvgIpc) is 2.81. The molecule has 3 rings (SSSR count). The van der Waals surface area contributed by atoms with E-state index in [1.807, 2.05) is 6.07 Å². The van der Waals surface area contributed by atoms with E-state index in [9.17, 15) is 9.59 Å². The van der Waals surface area contributed by atoms with E-state index in [2.05, 4.69) is 5.32 Å². The second kappa shape index (κ2) is 8.23. The first kappa shape index (κ1) is 18.3. The predicted molar refractivity (Wildman–Crippen MR) is 101 cm³/mol. The van der Waals surface area contributed by atoms with Crippen molar-refractivity contribution in [1.82, 2.24) is 0 Å². The molecule has 0 saturated heterocycles. The van der Waals surface area contributed by atoms with Crippen molar-refractivity contribution >= 4 is 28.2 Å². The lowest BCUT2D eigenvalue weighted by Crippen LogP contribution is -2.22. The molecule has 1 aromatic carbocycles. The van der Waals surface area contributed by atoms with Gasteiger partial charge < -0.3 is 20.5 Å². The van der Waals surface area contributed by atoms with E-state index in [0.717, 1.165) is 42.5 Å². The van der Waals surface area contributed by atoms with Crippen LogP contribution in [0.3, 0.4) is 0 Å². The minimum atomic E-state index is -0.495. The Labute approximate surface area is 156 Å². The number of hydrogen-bond donors (Lipinski definition) is 2. The summed E-state index contributed by atoms with van der Waals surface area (Å²) in [6.45, 7) is -0.179. The van der Waals surface area contributed by atoms with E-state index < -0.39 is 5.91 Å². The third kappa shape index (κ3) is 3.99. The van der Waals surface area contributed by atoms with Gasteiger partial charge in [-0.1, -0.05) is 18.6 Å². The van der Waals surface area contributed by atoms with Crippen LogP contribution in [0.2, 0.25) is 0 Å². The molecule has 0 atom stereocenters. The Kier molecular flexibility index (Phi) is 5.78. The molecular formula is C19H22N2O4S. The van der Waals surface area contributed by atoms with Gasteiger partial charge in [-0.25, -0.2) is 0 Å². The molecule has 0 aliphatic heterocycles. The highest BCUT2D eigenvalue weighted by molar-refractivity contribution is 7.17. The number of anilines is 1. The number of methoxy groups -OCH3 is 1. The van der Waals surface area contributed by atoms with Crippen LogP contribution in [0.25, 0.3) is 0 Å². The molecule has 0 radical (unpaired) electrons. The van der Waals surface area contributed by atoms with Crippen molar-refractivity contribution in [2.45, 2.75) is 32.1 Å². The smallest absolute Gasteiger partial charge is 0.262 e. The highest BCUT2D eigenvalue weighted by Gasteiger charge is 2.24. The fourth-order valence-corrected chi connectivity index (χ4v) is 4.45. The molecule has 0 fully saturated rings. The van der Waals surface area contributed by atoms with Gasteiger partial charge in [0.2, 0.25) is 0 Å². The van der Waals surface area contributed by atoms with E-state index in [1.54, 1.807) is 25.3 Å². The van der Waals surface area contributed by atoms with Gasteiger partial charge in [-0.15, -0.1) is 11.3 Å². The summed E-state index contributed by atoms with van der Waals surface area (Å²) >= 11 is 1.45. The van der Waals surface area contributed by atoms with Crippen LogP contribution in [0.4, 0.5) is 5.00 Å². The number of nitrogens with one attached hydrogen (secondary N) is 1. The number of thiophene rings is 1. The van der Waals surface area contributed by atoms with Crippen molar-refractivity contribution in [1.29, 1.82) is 0 Å². The van der Waals surface area contributed by atoms with Gasteiger partial charge in [-0.3, -0.25) is 9.59 Å². The van der Waals surface area contributed by atoms with Crippen molar-refractivity contribution in [3.8, 4) is 11.5 Å².